The van der Waals surface area contributed by atoms with Crippen LogP contribution >= 0.6 is 15.9 Å². The minimum absolute atomic E-state index is 0.0265. The van der Waals surface area contributed by atoms with Crippen LogP contribution in [-0.4, -0.2) is 33.6 Å². The van der Waals surface area contributed by atoms with Gasteiger partial charge in [-0.3, -0.25) is 0 Å². The first-order valence-corrected chi connectivity index (χ1v) is 7.80. The Kier molecular flexibility index (Phi) is 4.24. The van der Waals surface area contributed by atoms with E-state index in [0.29, 0.717) is 6.04 Å². The highest BCUT2D eigenvalue weighted by molar-refractivity contribution is 9.10. The Morgan fingerprint density at radius 1 is 1.24 bits per heavy atom. The first-order chi connectivity index (χ1) is 10.2. The van der Waals surface area contributed by atoms with Crippen LogP contribution in [0.3, 0.4) is 0 Å². The standard InChI is InChI=1S/C15H17BrN4O/c16-12-1-3-13(4-2-12)18-15(21)19-8-5-14(6-9-19)20-10-7-17-11-20/h1-4,7,10-11,14H,5-6,8-9H2,(H,18,21). The minimum Gasteiger partial charge on any atom is -0.334 e. The van der Waals surface area contributed by atoms with Crippen LogP contribution in [0.4, 0.5) is 10.5 Å². The van der Waals surface area contributed by atoms with Crippen LogP contribution in [0.25, 0.3) is 0 Å². The van der Waals surface area contributed by atoms with Gasteiger partial charge in [0.05, 0.1) is 6.33 Å². The van der Waals surface area contributed by atoms with Gasteiger partial charge in [-0.05, 0) is 37.1 Å². The van der Waals surface area contributed by atoms with Gasteiger partial charge in [-0.2, -0.15) is 0 Å². The molecular formula is C15H17BrN4O. The summed E-state index contributed by atoms with van der Waals surface area (Å²) in [6.07, 6.45) is 7.56. The monoisotopic (exact) mass is 348 g/mol. The normalized spacial score (nSPS) is 16.0. The number of nitrogens with zero attached hydrogens (tertiary/aromatic N) is 3. The van der Waals surface area contributed by atoms with E-state index < -0.39 is 0 Å². The molecule has 21 heavy (non-hydrogen) atoms. The molecule has 2 heterocycles. The first kappa shape index (κ1) is 14.1. The molecule has 1 N–H and O–H groups in total. The van der Waals surface area contributed by atoms with Crippen molar-refractivity contribution in [2.24, 2.45) is 0 Å². The number of rotatable bonds is 2. The number of hydrogen-bond acceptors (Lipinski definition) is 2. The quantitative estimate of drug-likeness (QED) is 0.902. The topological polar surface area (TPSA) is 50.2 Å². The second-order valence-electron chi connectivity index (χ2n) is 5.17. The fourth-order valence-electron chi connectivity index (χ4n) is 2.59. The SMILES string of the molecule is O=C(Nc1ccc(Br)cc1)N1CCC(n2ccnc2)CC1. The molecule has 0 spiro atoms. The summed E-state index contributed by atoms with van der Waals surface area (Å²) < 4.78 is 3.13. The van der Waals surface area contributed by atoms with Gasteiger partial charge in [0, 0.05) is 41.7 Å². The van der Waals surface area contributed by atoms with Crippen LogP contribution in [0.15, 0.2) is 47.5 Å². The number of anilines is 1. The van der Waals surface area contributed by atoms with E-state index in [1.54, 1.807) is 6.20 Å². The number of nitrogens with one attached hydrogen (secondary N) is 1. The van der Waals surface area contributed by atoms with Crippen LogP contribution in [0.1, 0.15) is 18.9 Å². The van der Waals surface area contributed by atoms with Gasteiger partial charge < -0.3 is 14.8 Å². The minimum atomic E-state index is -0.0265. The zero-order valence-electron chi connectivity index (χ0n) is 11.6. The van der Waals surface area contributed by atoms with Crippen molar-refractivity contribution >= 4 is 27.6 Å². The number of halogens is 1. The largest absolute Gasteiger partial charge is 0.334 e. The van der Waals surface area contributed by atoms with E-state index in [2.05, 4.69) is 30.8 Å². The summed E-state index contributed by atoms with van der Waals surface area (Å²) in [4.78, 5) is 18.2. The smallest absolute Gasteiger partial charge is 0.321 e. The molecule has 1 aliphatic rings. The maximum atomic E-state index is 12.2. The Morgan fingerprint density at radius 3 is 2.57 bits per heavy atom. The van der Waals surface area contributed by atoms with Gasteiger partial charge in [-0.15, -0.1) is 0 Å². The summed E-state index contributed by atoms with van der Waals surface area (Å²) in [6.45, 7) is 1.54. The molecule has 0 radical (unpaired) electrons. The van der Waals surface area contributed by atoms with E-state index in [9.17, 15) is 4.79 Å². The van der Waals surface area contributed by atoms with Crippen molar-refractivity contribution < 1.29 is 4.79 Å². The predicted molar refractivity (Wildman–Crippen MR) is 85.2 cm³/mol. The molecule has 1 saturated heterocycles. The van der Waals surface area contributed by atoms with Crippen molar-refractivity contribution in [2.75, 3.05) is 18.4 Å². The number of amides is 2. The molecule has 0 unspecified atom stereocenters. The Morgan fingerprint density at radius 2 is 1.95 bits per heavy atom. The number of carbonyl (C=O) groups is 1. The summed E-state index contributed by atoms with van der Waals surface area (Å²) in [5.74, 6) is 0. The van der Waals surface area contributed by atoms with Crippen molar-refractivity contribution in [1.82, 2.24) is 14.5 Å². The van der Waals surface area contributed by atoms with Gasteiger partial charge in [-0.1, -0.05) is 15.9 Å². The number of urea groups is 1. The number of imidazole rings is 1. The lowest BCUT2D eigenvalue weighted by atomic mass is 10.1. The highest BCUT2D eigenvalue weighted by Gasteiger charge is 2.23. The number of hydrogen-bond donors (Lipinski definition) is 1. The molecule has 2 amide bonds. The van der Waals surface area contributed by atoms with E-state index in [1.165, 1.54) is 0 Å². The van der Waals surface area contributed by atoms with Crippen molar-refractivity contribution in [3.63, 3.8) is 0 Å². The molecular weight excluding hydrogens is 332 g/mol. The van der Waals surface area contributed by atoms with Crippen LogP contribution in [0.2, 0.25) is 0 Å². The fraction of sp³-hybridized carbons (Fsp3) is 0.333. The van der Waals surface area contributed by atoms with E-state index in [0.717, 1.165) is 36.1 Å². The Labute approximate surface area is 132 Å². The average molecular weight is 349 g/mol. The van der Waals surface area contributed by atoms with Gasteiger partial charge in [0.15, 0.2) is 0 Å². The van der Waals surface area contributed by atoms with Gasteiger partial charge in [-0.25, -0.2) is 9.78 Å². The molecule has 6 heteroatoms. The maximum absolute atomic E-state index is 12.2. The highest BCUT2D eigenvalue weighted by atomic mass is 79.9. The van der Waals surface area contributed by atoms with Crippen LogP contribution in [-0.2, 0) is 0 Å². The number of likely N-dealkylation sites (tertiary alicyclic amines) is 1. The summed E-state index contributed by atoms with van der Waals surface area (Å²) in [7, 11) is 0. The van der Waals surface area contributed by atoms with Crippen molar-refractivity contribution in [3.05, 3.63) is 47.5 Å². The molecule has 0 aliphatic carbocycles. The lowest BCUT2D eigenvalue weighted by Gasteiger charge is -2.32. The Bertz CT molecular complexity index is 589. The zero-order chi connectivity index (χ0) is 14.7. The van der Waals surface area contributed by atoms with E-state index in [1.807, 2.05) is 41.7 Å². The molecule has 0 bridgehead atoms. The lowest BCUT2D eigenvalue weighted by Crippen LogP contribution is -2.41. The number of benzene rings is 1. The number of carbonyl (C=O) groups excluding carboxylic acids is 1. The second kappa shape index (κ2) is 6.30. The third-order valence-electron chi connectivity index (χ3n) is 3.79. The number of piperidine rings is 1. The van der Waals surface area contributed by atoms with Crippen molar-refractivity contribution in [1.29, 1.82) is 0 Å². The first-order valence-electron chi connectivity index (χ1n) is 7.01. The predicted octanol–water partition coefficient (Wildman–Crippen LogP) is 3.51. The Balaban J connectivity index is 1.54. The summed E-state index contributed by atoms with van der Waals surface area (Å²) >= 11 is 3.38. The van der Waals surface area contributed by atoms with Crippen LogP contribution in [0, 0.1) is 0 Å². The van der Waals surface area contributed by atoms with Gasteiger partial charge in [0.2, 0.25) is 0 Å². The second-order valence-corrected chi connectivity index (χ2v) is 6.08. The third-order valence-corrected chi connectivity index (χ3v) is 4.32. The van der Waals surface area contributed by atoms with E-state index in [4.69, 9.17) is 0 Å². The van der Waals surface area contributed by atoms with Gasteiger partial charge in [0.25, 0.3) is 0 Å². The molecule has 2 aromatic rings. The molecule has 3 rings (SSSR count). The molecule has 1 aliphatic heterocycles. The van der Waals surface area contributed by atoms with Gasteiger partial charge in [0.1, 0.15) is 0 Å². The molecule has 1 fully saturated rings. The number of aromatic nitrogens is 2. The summed E-state index contributed by atoms with van der Waals surface area (Å²) in [5.41, 5.74) is 0.819. The molecule has 0 atom stereocenters. The fourth-order valence-corrected chi connectivity index (χ4v) is 2.85. The molecule has 1 aromatic heterocycles. The van der Waals surface area contributed by atoms with Crippen molar-refractivity contribution in [2.45, 2.75) is 18.9 Å². The molecule has 0 saturated carbocycles. The zero-order valence-corrected chi connectivity index (χ0v) is 13.2. The third kappa shape index (κ3) is 3.44. The molecule has 1 aromatic carbocycles. The molecule has 110 valence electrons. The van der Waals surface area contributed by atoms with Crippen LogP contribution < -0.4 is 5.32 Å². The average Bonchev–Trinajstić information content (AvgIpc) is 3.04. The maximum Gasteiger partial charge on any atom is 0.321 e. The van der Waals surface area contributed by atoms with Gasteiger partial charge >= 0.3 is 6.03 Å². The summed E-state index contributed by atoms with van der Waals surface area (Å²) in [5, 5.41) is 2.94. The summed E-state index contributed by atoms with van der Waals surface area (Å²) in [6, 6.07) is 8.04. The van der Waals surface area contributed by atoms with Crippen LogP contribution in [0.5, 0.6) is 0 Å². The van der Waals surface area contributed by atoms with E-state index in [-0.39, 0.29) is 6.03 Å². The lowest BCUT2D eigenvalue weighted by molar-refractivity contribution is 0.183. The van der Waals surface area contributed by atoms with Crippen molar-refractivity contribution in [3.8, 4) is 0 Å². The molecule has 5 nitrogen and oxygen atoms in total. The van der Waals surface area contributed by atoms with E-state index >= 15 is 0 Å². The Hall–Kier alpha value is -1.82. The highest BCUT2D eigenvalue weighted by Crippen LogP contribution is 2.22.